The lowest BCUT2D eigenvalue weighted by atomic mass is 10.0. The Labute approximate surface area is 123 Å². The van der Waals surface area contributed by atoms with Crippen molar-refractivity contribution in [3.05, 3.63) is 35.4 Å². The lowest BCUT2D eigenvalue weighted by molar-refractivity contribution is -0.132. The molecule has 1 amide bonds. The molecule has 0 radical (unpaired) electrons. The largest absolute Gasteiger partial charge is 0.343 e. The van der Waals surface area contributed by atoms with E-state index in [1.54, 1.807) is 4.90 Å². The Balaban J connectivity index is 0.00000200. The number of likely N-dealkylation sites (tertiary alicyclic amines) is 1. The van der Waals surface area contributed by atoms with Crippen LogP contribution in [0.25, 0.3) is 0 Å². The summed E-state index contributed by atoms with van der Waals surface area (Å²) >= 11 is 0. The molecule has 0 unspecified atom stereocenters. The van der Waals surface area contributed by atoms with E-state index < -0.39 is 11.6 Å². The predicted molar refractivity (Wildman–Crippen MR) is 75.7 cm³/mol. The molecule has 112 valence electrons. The second kappa shape index (κ2) is 7.55. The molecule has 3 nitrogen and oxygen atoms in total. The molecule has 0 aliphatic carbocycles. The van der Waals surface area contributed by atoms with Gasteiger partial charge in [-0.3, -0.25) is 4.79 Å². The number of nitrogens with zero attached hydrogens (tertiary/aromatic N) is 1. The first kappa shape index (κ1) is 16.9. The summed E-state index contributed by atoms with van der Waals surface area (Å²) in [7, 11) is 0. The summed E-state index contributed by atoms with van der Waals surface area (Å²) in [5, 5.41) is 0. The van der Waals surface area contributed by atoms with Crippen LogP contribution in [-0.4, -0.2) is 29.9 Å². The van der Waals surface area contributed by atoms with E-state index in [4.69, 9.17) is 5.73 Å². The van der Waals surface area contributed by atoms with Gasteiger partial charge < -0.3 is 10.6 Å². The summed E-state index contributed by atoms with van der Waals surface area (Å²) in [5.74, 6) is -1.74. The zero-order valence-electron chi connectivity index (χ0n) is 11.1. The molecule has 1 heterocycles. The third-order valence-electron chi connectivity index (χ3n) is 3.53. The van der Waals surface area contributed by atoms with Gasteiger partial charge in [-0.15, -0.1) is 12.4 Å². The van der Waals surface area contributed by atoms with E-state index in [9.17, 15) is 13.6 Å². The van der Waals surface area contributed by atoms with Gasteiger partial charge in [-0.2, -0.15) is 0 Å². The van der Waals surface area contributed by atoms with Crippen molar-refractivity contribution in [3.8, 4) is 0 Å². The Hall–Kier alpha value is -1.20. The number of aryl methyl sites for hydroxylation is 1. The molecule has 0 aromatic heterocycles. The number of carbonyl (C=O) groups excluding carboxylic acids is 1. The van der Waals surface area contributed by atoms with Gasteiger partial charge in [0.05, 0.1) is 0 Å². The van der Waals surface area contributed by atoms with Crippen molar-refractivity contribution < 1.29 is 13.6 Å². The van der Waals surface area contributed by atoms with E-state index >= 15 is 0 Å². The van der Waals surface area contributed by atoms with Gasteiger partial charge in [0, 0.05) is 25.6 Å². The molecular formula is C14H19ClF2N2O. The van der Waals surface area contributed by atoms with Crippen molar-refractivity contribution in [2.24, 2.45) is 5.73 Å². The Kier molecular flexibility index (Phi) is 6.36. The zero-order valence-corrected chi connectivity index (χ0v) is 12.0. The highest BCUT2D eigenvalue weighted by Crippen LogP contribution is 2.15. The number of rotatable bonds is 3. The third kappa shape index (κ3) is 4.15. The maximum Gasteiger partial charge on any atom is 0.222 e. The third-order valence-corrected chi connectivity index (χ3v) is 3.53. The lowest BCUT2D eigenvalue weighted by Crippen LogP contribution is -2.42. The van der Waals surface area contributed by atoms with Crippen molar-refractivity contribution in [1.29, 1.82) is 0 Å². The average molecular weight is 305 g/mol. The molecule has 2 N–H and O–H groups in total. The van der Waals surface area contributed by atoms with E-state index in [0.29, 0.717) is 13.1 Å². The molecule has 0 spiro atoms. The van der Waals surface area contributed by atoms with E-state index in [1.807, 2.05) is 0 Å². The predicted octanol–water partition coefficient (Wildman–Crippen LogP) is 2.27. The highest BCUT2D eigenvalue weighted by Gasteiger charge is 2.20. The molecule has 2 rings (SSSR count). The van der Waals surface area contributed by atoms with Gasteiger partial charge in [0.1, 0.15) is 0 Å². The smallest absolute Gasteiger partial charge is 0.222 e. The Bertz CT molecular complexity index is 462. The highest BCUT2D eigenvalue weighted by molar-refractivity contribution is 5.85. The van der Waals surface area contributed by atoms with E-state index in [2.05, 4.69) is 0 Å². The SMILES string of the molecule is Cl.NC1CCN(C(=O)CCc2cccc(F)c2F)CC1. The Morgan fingerprint density at radius 3 is 2.60 bits per heavy atom. The lowest BCUT2D eigenvalue weighted by Gasteiger charge is -2.30. The molecule has 1 aliphatic rings. The fourth-order valence-electron chi connectivity index (χ4n) is 2.29. The van der Waals surface area contributed by atoms with Crippen LogP contribution in [0, 0.1) is 11.6 Å². The minimum absolute atomic E-state index is 0. The van der Waals surface area contributed by atoms with E-state index in [-0.39, 0.29) is 42.8 Å². The molecule has 0 saturated carbocycles. The number of carbonyl (C=O) groups is 1. The molecule has 1 aliphatic heterocycles. The summed E-state index contributed by atoms with van der Waals surface area (Å²) in [6.45, 7) is 1.32. The molecule has 20 heavy (non-hydrogen) atoms. The number of nitrogens with two attached hydrogens (primary N) is 1. The van der Waals surface area contributed by atoms with Gasteiger partial charge in [0.15, 0.2) is 11.6 Å². The second-order valence-electron chi connectivity index (χ2n) is 4.93. The fourth-order valence-corrected chi connectivity index (χ4v) is 2.29. The van der Waals surface area contributed by atoms with Crippen molar-refractivity contribution >= 4 is 18.3 Å². The van der Waals surface area contributed by atoms with Gasteiger partial charge in [-0.1, -0.05) is 12.1 Å². The first-order chi connectivity index (χ1) is 9.08. The zero-order chi connectivity index (χ0) is 13.8. The van der Waals surface area contributed by atoms with Crippen LogP contribution in [0.15, 0.2) is 18.2 Å². The quantitative estimate of drug-likeness (QED) is 0.931. The van der Waals surface area contributed by atoms with Gasteiger partial charge in [0.2, 0.25) is 5.91 Å². The van der Waals surface area contributed by atoms with E-state index in [1.165, 1.54) is 12.1 Å². The minimum Gasteiger partial charge on any atom is -0.343 e. The van der Waals surface area contributed by atoms with Gasteiger partial charge in [-0.25, -0.2) is 8.78 Å². The van der Waals surface area contributed by atoms with Gasteiger partial charge in [-0.05, 0) is 30.9 Å². The minimum atomic E-state index is -0.867. The van der Waals surface area contributed by atoms with Crippen LogP contribution in [0.2, 0.25) is 0 Å². The van der Waals surface area contributed by atoms with Gasteiger partial charge >= 0.3 is 0 Å². The topological polar surface area (TPSA) is 46.3 Å². The highest BCUT2D eigenvalue weighted by atomic mass is 35.5. The molecular weight excluding hydrogens is 286 g/mol. The molecule has 1 fully saturated rings. The monoisotopic (exact) mass is 304 g/mol. The summed E-state index contributed by atoms with van der Waals surface area (Å²) in [6, 6.07) is 4.22. The number of amides is 1. The maximum atomic E-state index is 13.4. The first-order valence-electron chi connectivity index (χ1n) is 6.54. The normalized spacial score (nSPS) is 15.8. The number of benzene rings is 1. The molecule has 0 bridgehead atoms. The molecule has 6 heteroatoms. The van der Waals surface area contributed by atoms with Gasteiger partial charge in [0.25, 0.3) is 0 Å². The van der Waals surface area contributed by atoms with Crippen LogP contribution >= 0.6 is 12.4 Å². The molecule has 1 saturated heterocycles. The summed E-state index contributed by atoms with van der Waals surface area (Å²) < 4.78 is 26.4. The Morgan fingerprint density at radius 1 is 1.30 bits per heavy atom. The van der Waals surface area contributed by atoms with Crippen molar-refractivity contribution in [2.45, 2.75) is 31.7 Å². The molecule has 1 aromatic rings. The van der Waals surface area contributed by atoms with Crippen molar-refractivity contribution in [3.63, 3.8) is 0 Å². The van der Waals surface area contributed by atoms with Crippen LogP contribution in [0.3, 0.4) is 0 Å². The fraction of sp³-hybridized carbons (Fsp3) is 0.500. The van der Waals surface area contributed by atoms with Crippen LogP contribution < -0.4 is 5.73 Å². The standard InChI is InChI=1S/C14H18F2N2O.ClH/c15-12-3-1-2-10(14(12)16)4-5-13(19)18-8-6-11(17)7-9-18;/h1-3,11H,4-9,17H2;1H. The number of hydrogen-bond donors (Lipinski definition) is 1. The van der Waals surface area contributed by atoms with Crippen LogP contribution in [0.1, 0.15) is 24.8 Å². The molecule has 1 aromatic carbocycles. The molecule has 0 atom stereocenters. The maximum absolute atomic E-state index is 13.4. The van der Waals surface area contributed by atoms with E-state index in [0.717, 1.165) is 18.9 Å². The summed E-state index contributed by atoms with van der Waals surface area (Å²) in [6.07, 6.45) is 2.04. The average Bonchev–Trinajstić information content (AvgIpc) is 2.41. The van der Waals surface area contributed by atoms with Crippen LogP contribution in [0.4, 0.5) is 8.78 Å². The number of hydrogen-bond acceptors (Lipinski definition) is 2. The summed E-state index contributed by atoms with van der Waals surface area (Å²) in [4.78, 5) is 13.7. The van der Waals surface area contributed by atoms with Crippen molar-refractivity contribution in [1.82, 2.24) is 4.90 Å². The number of piperidine rings is 1. The number of halogens is 3. The summed E-state index contributed by atoms with van der Waals surface area (Å²) in [5.41, 5.74) is 6.02. The second-order valence-corrected chi connectivity index (χ2v) is 4.93. The van der Waals surface area contributed by atoms with Crippen LogP contribution in [0.5, 0.6) is 0 Å². The van der Waals surface area contributed by atoms with Crippen molar-refractivity contribution in [2.75, 3.05) is 13.1 Å². The van der Waals surface area contributed by atoms with Crippen LogP contribution in [-0.2, 0) is 11.2 Å². The Morgan fingerprint density at radius 2 is 1.95 bits per heavy atom. The first-order valence-corrected chi connectivity index (χ1v) is 6.54.